The van der Waals surface area contributed by atoms with Gasteiger partial charge in [-0.15, -0.1) is 0 Å². The van der Waals surface area contributed by atoms with Gasteiger partial charge < -0.3 is 9.47 Å². The summed E-state index contributed by atoms with van der Waals surface area (Å²) in [5.41, 5.74) is 0.962. The molecule has 32 heavy (non-hydrogen) atoms. The summed E-state index contributed by atoms with van der Waals surface area (Å²) >= 11 is 0. The third kappa shape index (κ3) is 5.56. The number of benzene rings is 3. The SMILES string of the molecule is CCOc1ccc(/C=C/C(=O)N(c2ccc(OCC)cc2)S(=O)(=O)c2ccccc2)cc1. The first-order chi connectivity index (χ1) is 15.5. The summed E-state index contributed by atoms with van der Waals surface area (Å²) < 4.78 is 38.3. The molecule has 3 rings (SSSR count). The Morgan fingerprint density at radius 3 is 1.88 bits per heavy atom. The van der Waals surface area contributed by atoms with Crippen molar-refractivity contribution in [1.82, 2.24) is 0 Å². The van der Waals surface area contributed by atoms with Crippen LogP contribution in [0.5, 0.6) is 11.5 Å². The van der Waals surface area contributed by atoms with E-state index >= 15 is 0 Å². The lowest BCUT2D eigenvalue weighted by Crippen LogP contribution is -2.35. The lowest BCUT2D eigenvalue weighted by Gasteiger charge is -2.21. The molecule has 0 saturated carbocycles. The van der Waals surface area contributed by atoms with Crippen LogP contribution in [-0.4, -0.2) is 27.5 Å². The summed E-state index contributed by atoms with van der Waals surface area (Å²) in [4.78, 5) is 13.1. The van der Waals surface area contributed by atoms with E-state index in [0.717, 1.165) is 15.6 Å². The third-order valence-corrected chi connectivity index (χ3v) is 6.21. The number of sulfonamides is 1. The Kier molecular flexibility index (Phi) is 7.68. The predicted octanol–water partition coefficient (Wildman–Crippen LogP) is 4.92. The van der Waals surface area contributed by atoms with Gasteiger partial charge in [-0.2, -0.15) is 4.31 Å². The quantitative estimate of drug-likeness (QED) is 0.432. The summed E-state index contributed by atoms with van der Waals surface area (Å²) in [6.45, 7) is 4.79. The van der Waals surface area contributed by atoms with Crippen molar-refractivity contribution in [1.29, 1.82) is 0 Å². The highest BCUT2D eigenvalue weighted by Crippen LogP contribution is 2.26. The molecule has 0 saturated heterocycles. The number of ether oxygens (including phenoxy) is 2. The molecule has 0 fully saturated rings. The summed E-state index contributed by atoms with van der Waals surface area (Å²) in [6, 6.07) is 21.4. The van der Waals surface area contributed by atoms with Crippen molar-refractivity contribution in [2.75, 3.05) is 17.5 Å². The molecular weight excluding hydrogens is 426 g/mol. The molecule has 0 bridgehead atoms. The normalized spacial score (nSPS) is 11.3. The van der Waals surface area contributed by atoms with Gasteiger partial charge in [0.1, 0.15) is 11.5 Å². The molecule has 0 radical (unpaired) electrons. The molecule has 0 aliphatic heterocycles. The highest BCUT2D eigenvalue weighted by molar-refractivity contribution is 7.93. The molecule has 0 spiro atoms. The number of carbonyl (C=O) groups excluding carboxylic acids is 1. The number of rotatable bonds is 9. The zero-order valence-electron chi connectivity index (χ0n) is 18.0. The van der Waals surface area contributed by atoms with Gasteiger partial charge in [0.2, 0.25) is 0 Å². The number of carbonyl (C=O) groups is 1. The molecule has 0 aliphatic carbocycles. The van der Waals surface area contributed by atoms with E-state index in [1.807, 2.05) is 13.8 Å². The molecule has 0 aliphatic rings. The topological polar surface area (TPSA) is 72.9 Å². The van der Waals surface area contributed by atoms with Crippen LogP contribution in [-0.2, 0) is 14.8 Å². The van der Waals surface area contributed by atoms with Crippen molar-refractivity contribution in [3.05, 3.63) is 90.5 Å². The number of nitrogens with zero attached hydrogens (tertiary/aromatic N) is 1. The molecule has 0 N–H and O–H groups in total. The average molecular weight is 452 g/mol. The molecule has 3 aromatic carbocycles. The van der Waals surface area contributed by atoms with Crippen molar-refractivity contribution in [2.24, 2.45) is 0 Å². The molecule has 0 heterocycles. The second-order valence-corrected chi connectivity index (χ2v) is 8.47. The van der Waals surface area contributed by atoms with Crippen molar-refractivity contribution in [3.8, 4) is 11.5 Å². The van der Waals surface area contributed by atoms with E-state index in [1.54, 1.807) is 72.8 Å². The molecule has 166 valence electrons. The van der Waals surface area contributed by atoms with Crippen LogP contribution in [0, 0.1) is 0 Å². The molecule has 7 heteroatoms. The number of amides is 1. The Labute approximate surface area is 188 Å². The zero-order chi connectivity index (χ0) is 23.0. The van der Waals surface area contributed by atoms with Gasteiger partial charge in [0.05, 0.1) is 23.8 Å². The second-order valence-electron chi connectivity index (χ2n) is 6.68. The van der Waals surface area contributed by atoms with Gasteiger partial charge in [-0.3, -0.25) is 4.79 Å². The number of anilines is 1. The minimum absolute atomic E-state index is 0.0247. The minimum Gasteiger partial charge on any atom is -0.494 e. The molecule has 0 unspecified atom stereocenters. The van der Waals surface area contributed by atoms with E-state index in [0.29, 0.717) is 19.0 Å². The van der Waals surface area contributed by atoms with Gasteiger partial charge in [0, 0.05) is 6.08 Å². The number of hydrogen-bond acceptors (Lipinski definition) is 5. The fourth-order valence-electron chi connectivity index (χ4n) is 3.00. The maximum atomic E-state index is 13.3. The summed E-state index contributed by atoms with van der Waals surface area (Å²) in [5.74, 6) is 0.622. The molecule has 3 aromatic rings. The predicted molar refractivity (Wildman–Crippen MR) is 125 cm³/mol. The minimum atomic E-state index is -4.13. The van der Waals surface area contributed by atoms with Crippen molar-refractivity contribution >= 4 is 27.7 Å². The standard InChI is InChI=1S/C25H25NO5S/c1-3-30-22-15-10-20(11-16-22)12-19-25(27)26(21-13-17-23(18-14-21)31-4-2)32(28,29)24-8-6-5-7-9-24/h5-19H,3-4H2,1-2H3/b19-12+. The molecule has 0 atom stereocenters. The van der Waals surface area contributed by atoms with Crippen LogP contribution in [0.25, 0.3) is 6.08 Å². The van der Waals surface area contributed by atoms with Gasteiger partial charge in [-0.05, 0) is 74.0 Å². The van der Waals surface area contributed by atoms with E-state index in [4.69, 9.17) is 9.47 Å². The summed E-state index contributed by atoms with van der Waals surface area (Å²) in [6.07, 6.45) is 2.81. The number of hydrogen-bond donors (Lipinski definition) is 0. The summed E-state index contributed by atoms with van der Waals surface area (Å²) in [5, 5.41) is 0. The maximum Gasteiger partial charge on any atom is 0.271 e. The van der Waals surface area contributed by atoms with Crippen molar-refractivity contribution in [2.45, 2.75) is 18.7 Å². The van der Waals surface area contributed by atoms with E-state index < -0.39 is 15.9 Å². The van der Waals surface area contributed by atoms with Gasteiger partial charge >= 0.3 is 0 Å². The molecule has 0 aromatic heterocycles. The Morgan fingerprint density at radius 1 is 0.812 bits per heavy atom. The zero-order valence-corrected chi connectivity index (χ0v) is 18.8. The van der Waals surface area contributed by atoms with Crippen LogP contribution < -0.4 is 13.8 Å². The second kappa shape index (κ2) is 10.6. The van der Waals surface area contributed by atoms with Crippen LogP contribution in [0.1, 0.15) is 19.4 Å². The van der Waals surface area contributed by atoms with Crippen LogP contribution in [0.4, 0.5) is 5.69 Å². The van der Waals surface area contributed by atoms with Crippen molar-refractivity contribution < 1.29 is 22.7 Å². The van der Waals surface area contributed by atoms with Gasteiger partial charge in [0.15, 0.2) is 0 Å². The third-order valence-electron chi connectivity index (χ3n) is 4.47. The highest BCUT2D eigenvalue weighted by Gasteiger charge is 2.29. The van der Waals surface area contributed by atoms with Crippen molar-refractivity contribution in [3.63, 3.8) is 0 Å². The van der Waals surface area contributed by atoms with Crippen LogP contribution in [0.2, 0.25) is 0 Å². The Hall–Kier alpha value is -3.58. The average Bonchev–Trinajstić information content (AvgIpc) is 2.81. The van der Waals surface area contributed by atoms with E-state index in [9.17, 15) is 13.2 Å². The molecule has 6 nitrogen and oxygen atoms in total. The van der Waals surface area contributed by atoms with Gasteiger partial charge in [-0.1, -0.05) is 30.3 Å². The first-order valence-electron chi connectivity index (χ1n) is 10.2. The van der Waals surface area contributed by atoms with E-state index in [1.165, 1.54) is 18.2 Å². The first-order valence-corrected chi connectivity index (χ1v) is 11.7. The summed E-state index contributed by atoms with van der Waals surface area (Å²) in [7, 11) is -4.13. The maximum absolute atomic E-state index is 13.3. The largest absolute Gasteiger partial charge is 0.494 e. The Bertz CT molecular complexity index is 1160. The Morgan fingerprint density at radius 2 is 1.34 bits per heavy atom. The van der Waals surface area contributed by atoms with Gasteiger partial charge in [0.25, 0.3) is 15.9 Å². The van der Waals surface area contributed by atoms with Crippen LogP contribution in [0.3, 0.4) is 0 Å². The Balaban J connectivity index is 1.95. The lowest BCUT2D eigenvalue weighted by atomic mass is 10.2. The monoisotopic (exact) mass is 451 g/mol. The molecular formula is C25H25NO5S. The lowest BCUT2D eigenvalue weighted by molar-refractivity contribution is -0.113. The van der Waals surface area contributed by atoms with Gasteiger partial charge in [-0.25, -0.2) is 8.42 Å². The molecule has 1 amide bonds. The van der Waals surface area contributed by atoms with Crippen LogP contribution >= 0.6 is 0 Å². The van der Waals surface area contributed by atoms with Crippen LogP contribution in [0.15, 0.2) is 89.8 Å². The fraction of sp³-hybridized carbons (Fsp3) is 0.160. The highest BCUT2D eigenvalue weighted by atomic mass is 32.2. The fourth-order valence-corrected chi connectivity index (χ4v) is 4.41. The van der Waals surface area contributed by atoms with E-state index in [2.05, 4.69) is 0 Å². The first kappa shape index (κ1) is 23.1. The van der Waals surface area contributed by atoms with E-state index in [-0.39, 0.29) is 10.6 Å². The smallest absolute Gasteiger partial charge is 0.271 e.